The van der Waals surface area contributed by atoms with Gasteiger partial charge in [-0.2, -0.15) is 0 Å². The van der Waals surface area contributed by atoms with Gasteiger partial charge in [-0.15, -0.1) is 0 Å². The Kier molecular flexibility index (Phi) is 1.83. The Balaban J connectivity index is 2.35. The summed E-state index contributed by atoms with van der Waals surface area (Å²) >= 11 is 2.38. The van der Waals surface area contributed by atoms with Crippen LogP contribution in [0.15, 0.2) is 36.5 Å². The molecule has 1 aromatic carbocycles. The van der Waals surface area contributed by atoms with E-state index in [1.165, 1.54) is 26.0 Å². The van der Waals surface area contributed by atoms with Crippen LogP contribution in [0.1, 0.15) is 11.3 Å². The molecule has 0 bridgehead atoms. The van der Waals surface area contributed by atoms with Gasteiger partial charge < -0.3 is 0 Å². The number of hydrogen-bond donors (Lipinski definition) is 0. The lowest BCUT2D eigenvalue weighted by Crippen LogP contribution is -1.87. The van der Waals surface area contributed by atoms with Crippen molar-refractivity contribution in [2.75, 3.05) is 0 Å². The molecule has 1 heterocycles. The van der Waals surface area contributed by atoms with Crippen LogP contribution in [0.4, 0.5) is 0 Å². The zero-order chi connectivity index (χ0) is 9.54. The summed E-state index contributed by atoms with van der Waals surface area (Å²) in [5, 5.41) is 0. The van der Waals surface area contributed by atoms with Crippen molar-refractivity contribution in [2.24, 2.45) is 0 Å². The lowest BCUT2D eigenvalue weighted by molar-refractivity contribution is 1.12. The summed E-state index contributed by atoms with van der Waals surface area (Å²) in [5.74, 6) is 0. The van der Waals surface area contributed by atoms with Crippen LogP contribution in [0.3, 0.4) is 0 Å². The summed E-state index contributed by atoms with van der Waals surface area (Å²) in [6.45, 7) is 0. The van der Waals surface area contributed by atoms with Crippen molar-refractivity contribution in [3.8, 4) is 11.1 Å². The molecule has 0 N–H and O–H groups in total. The van der Waals surface area contributed by atoms with E-state index in [9.17, 15) is 0 Å². The molecule has 0 saturated carbocycles. The maximum Gasteiger partial charge on any atom is 0.0536 e. The van der Waals surface area contributed by atoms with Crippen LogP contribution < -0.4 is 0 Å². The van der Waals surface area contributed by atoms with Crippen molar-refractivity contribution in [2.45, 2.75) is 6.42 Å². The molecule has 2 aromatic rings. The Hall–Kier alpha value is -0.900. The average molecular weight is 293 g/mol. The fourth-order valence-electron chi connectivity index (χ4n) is 2.00. The molecule has 1 aliphatic carbocycles. The van der Waals surface area contributed by atoms with Crippen molar-refractivity contribution in [3.05, 3.63) is 51.4 Å². The van der Waals surface area contributed by atoms with E-state index in [2.05, 4.69) is 57.9 Å². The molecule has 0 fully saturated rings. The standard InChI is InChI=1S/C12H8IN/c13-10-5-6-14-11-7-8-3-1-2-4-9(8)12(10)11/h1-6H,7H2. The fourth-order valence-corrected chi connectivity index (χ4v) is 2.76. The molecule has 0 amide bonds. The predicted octanol–water partition coefficient (Wildman–Crippen LogP) is 3.26. The molecule has 3 rings (SSSR count). The highest BCUT2D eigenvalue weighted by Gasteiger charge is 2.20. The molecule has 1 nitrogen and oxygen atoms in total. The van der Waals surface area contributed by atoms with Crippen molar-refractivity contribution in [1.29, 1.82) is 0 Å². The first-order chi connectivity index (χ1) is 6.86. The molecular formula is C12H8IN. The lowest BCUT2D eigenvalue weighted by Gasteiger charge is -2.01. The maximum absolute atomic E-state index is 4.43. The molecular weight excluding hydrogens is 285 g/mol. The first-order valence-corrected chi connectivity index (χ1v) is 5.66. The Morgan fingerprint density at radius 1 is 1.14 bits per heavy atom. The predicted molar refractivity (Wildman–Crippen MR) is 65.2 cm³/mol. The molecule has 1 aliphatic rings. The van der Waals surface area contributed by atoms with E-state index in [1.807, 2.05) is 6.20 Å². The van der Waals surface area contributed by atoms with E-state index in [4.69, 9.17) is 0 Å². The minimum atomic E-state index is 0.988. The van der Waals surface area contributed by atoms with Gasteiger partial charge in [0.25, 0.3) is 0 Å². The zero-order valence-corrected chi connectivity index (χ0v) is 9.65. The second-order valence-electron chi connectivity index (χ2n) is 3.45. The Bertz CT molecular complexity index is 505. The van der Waals surface area contributed by atoms with Gasteiger partial charge >= 0.3 is 0 Å². The molecule has 14 heavy (non-hydrogen) atoms. The molecule has 0 aliphatic heterocycles. The van der Waals surface area contributed by atoms with E-state index in [-0.39, 0.29) is 0 Å². The van der Waals surface area contributed by atoms with Gasteiger partial charge in [0.15, 0.2) is 0 Å². The van der Waals surface area contributed by atoms with Gasteiger partial charge in [-0.05, 0) is 39.8 Å². The highest BCUT2D eigenvalue weighted by molar-refractivity contribution is 14.1. The number of aromatic nitrogens is 1. The van der Waals surface area contributed by atoms with Gasteiger partial charge in [0, 0.05) is 21.8 Å². The quantitative estimate of drug-likeness (QED) is 0.580. The third kappa shape index (κ3) is 1.10. The van der Waals surface area contributed by atoms with Crippen LogP contribution in [0, 0.1) is 3.57 Å². The van der Waals surface area contributed by atoms with Gasteiger partial charge in [-0.3, -0.25) is 4.98 Å². The summed E-state index contributed by atoms with van der Waals surface area (Å²) in [6, 6.07) is 10.6. The van der Waals surface area contributed by atoms with Gasteiger partial charge in [0.05, 0.1) is 5.69 Å². The Morgan fingerprint density at radius 2 is 2.00 bits per heavy atom. The number of benzene rings is 1. The minimum Gasteiger partial charge on any atom is -0.260 e. The van der Waals surface area contributed by atoms with Crippen LogP contribution in [0.5, 0.6) is 0 Å². The Labute approximate surface area is 96.3 Å². The van der Waals surface area contributed by atoms with Crippen LogP contribution in [-0.2, 0) is 6.42 Å². The molecule has 0 unspecified atom stereocenters. The second kappa shape index (κ2) is 3.05. The molecule has 0 radical (unpaired) electrons. The molecule has 1 aromatic heterocycles. The number of pyridine rings is 1. The van der Waals surface area contributed by atoms with Crippen molar-refractivity contribution >= 4 is 22.6 Å². The number of halogens is 1. The summed E-state index contributed by atoms with van der Waals surface area (Å²) < 4.78 is 1.30. The number of hydrogen-bond acceptors (Lipinski definition) is 1. The number of fused-ring (bicyclic) bond motifs is 3. The van der Waals surface area contributed by atoms with E-state index in [1.54, 1.807) is 0 Å². The molecule has 0 atom stereocenters. The summed E-state index contributed by atoms with van der Waals surface area (Å²) in [7, 11) is 0. The van der Waals surface area contributed by atoms with E-state index < -0.39 is 0 Å². The highest BCUT2D eigenvalue weighted by Crippen LogP contribution is 2.37. The van der Waals surface area contributed by atoms with Gasteiger partial charge in [0.2, 0.25) is 0 Å². The minimum absolute atomic E-state index is 0.988. The summed E-state index contributed by atoms with van der Waals surface area (Å²) in [6.07, 6.45) is 2.88. The first-order valence-electron chi connectivity index (χ1n) is 4.58. The largest absolute Gasteiger partial charge is 0.260 e. The lowest BCUT2D eigenvalue weighted by atomic mass is 10.1. The second-order valence-corrected chi connectivity index (χ2v) is 4.61. The first kappa shape index (κ1) is 8.41. The molecule has 68 valence electrons. The maximum atomic E-state index is 4.43. The van der Waals surface area contributed by atoms with Crippen LogP contribution in [0.2, 0.25) is 0 Å². The van der Waals surface area contributed by atoms with Crippen LogP contribution in [-0.4, -0.2) is 4.98 Å². The van der Waals surface area contributed by atoms with Gasteiger partial charge in [-0.25, -0.2) is 0 Å². The van der Waals surface area contributed by atoms with E-state index in [0.717, 1.165) is 6.42 Å². The van der Waals surface area contributed by atoms with Crippen molar-refractivity contribution in [3.63, 3.8) is 0 Å². The van der Waals surface area contributed by atoms with Crippen LogP contribution in [0.25, 0.3) is 11.1 Å². The third-order valence-electron chi connectivity index (χ3n) is 2.62. The van der Waals surface area contributed by atoms with Gasteiger partial charge in [-0.1, -0.05) is 24.3 Å². The molecule has 0 spiro atoms. The monoisotopic (exact) mass is 293 g/mol. The molecule has 2 heteroatoms. The van der Waals surface area contributed by atoms with E-state index >= 15 is 0 Å². The molecule has 0 saturated heterocycles. The zero-order valence-electron chi connectivity index (χ0n) is 7.50. The highest BCUT2D eigenvalue weighted by atomic mass is 127. The normalized spacial score (nSPS) is 12.4. The number of nitrogens with zero attached hydrogens (tertiary/aromatic N) is 1. The smallest absolute Gasteiger partial charge is 0.0536 e. The van der Waals surface area contributed by atoms with Crippen molar-refractivity contribution < 1.29 is 0 Å². The Morgan fingerprint density at radius 3 is 2.93 bits per heavy atom. The fraction of sp³-hybridized carbons (Fsp3) is 0.0833. The topological polar surface area (TPSA) is 12.9 Å². The van der Waals surface area contributed by atoms with Crippen molar-refractivity contribution in [1.82, 2.24) is 4.98 Å². The average Bonchev–Trinajstić information content (AvgIpc) is 2.57. The van der Waals surface area contributed by atoms with Gasteiger partial charge in [0.1, 0.15) is 0 Å². The van der Waals surface area contributed by atoms with E-state index in [0.29, 0.717) is 0 Å². The third-order valence-corrected chi connectivity index (χ3v) is 3.52. The SMILES string of the molecule is Ic1ccnc2c1-c1ccccc1C2. The summed E-state index contributed by atoms with van der Waals surface area (Å²) in [5.41, 5.74) is 5.32. The van der Waals surface area contributed by atoms with Crippen LogP contribution >= 0.6 is 22.6 Å². The summed E-state index contributed by atoms with van der Waals surface area (Å²) in [4.78, 5) is 4.43. The number of rotatable bonds is 0.